The zero-order valence-corrected chi connectivity index (χ0v) is 14.6. The Kier molecular flexibility index (Phi) is 3.91. The van der Waals surface area contributed by atoms with Crippen molar-refractivity contribution in [2.45, 2.75) is 44.7 Å². The highest BCUT2D eigenvalue weighted by Gasteiger charge is 2.33. The molecule has 2 aliphatic rings. The largest absolute Gasteiger partial charge is 0.476 e. The summed E-state index contributed by atoms with van der Waals surface area (Å²) in [5.74, 6) is -2.04. The molecule has 0 bridgehead atoms. The Morgan fingerprint density at radius 3 is 2.48 bits per heavy atom. The fraction of sp³-hybridized carbons (Fsp3) is 0.556. The SMILES string of the molecule is Cc1cc2c(N3CCC(N(C)C4CC4)CC3)cc(F)c(C(=O)O)n2n1. The van der Waals surface area contributed by atoms with Gasteiger partial charge in [0.05, 0.1) is 16.9 Å². The minimum absolute atomic E-state index is 0.407. The standard InChI is InChI=1S/C18H23FN4O2/c1-11-9-16-15(10-14(19)17(18(24)25)23(16)20-11)22-7-5-13(6-8-22)21(2)12-3-4-12/h9-10,12-13H,3-8H2,1-2H3,(H,24,25). The minimum atomic E-state index is -1.30. The van der Waals surface area contributed by atoms with Gasteiger partial charge in [-0.2, -0.15) is 5.10 Å². The van der Waals surface area contributed by atoms with Crippen LogP contribution < -0.4 is 4.90 Å². The van der Waals surface area contributed by atoms with E-state index in [0.717, 1.165) is 37.7 Å². The van der Waals surface area contributed by atoms with Gasteiger partial charge in [0, 0.05) is 31.2 Å². The van der Waals surface area contributed by atoms with Gasteiger partial charge in [-0.1, -0.05) is 0 Å². The summed E-state index contributed by atoms with van der Waals surface area (Å²) in [5.41, 5.74) is 1.66. The molecule has 2 fully saturated rings. The number of aromatic carboxylic acids is 1. The molecule has 4 rings (SSSR count). The van der Waals surface area contributed by atoms with Crippen LogP contribution in [-0.4, -0.2) is 57.8 Å². The number of anilines is 1. The van der Waals surface area contributed by atoms with E-state index in [9.17, 15) is 14.3 Å². The first-order valence-corrected chi connectivity index (χ1v) is 8.84. The van der Waals surface area contributed by atoms with E-state index < -0.39 is 17.5 Å². The number of rotatable bonds is 4. The second-order valence-corrected chi connectivity index (χ2v) is 7.23. The molecule has 6 nitrogen and oxygen atoms in total. The average molecular weight is 346 g/mol. The van der Waals surface area contributed by atoms with Crippen LogP contribution in [0.4, 0.5) is 10.1 Å². The number of pyridine rings is 1. The van der Waals surface area contributed by atoms with Gasteiger partial charge in [-0.3, -0.25) is 0 Å². The number of aromatic nitrogens is 2. The average Bonchev–Trinajstić information content (AvgIpc) is 3.35. The van der Waals surface area contributed by atoms with Crippen LogP contribution in [0, 0.1) is 12.7 Å². The fourth-order valence-corrected chi connectivity index (χ4v) is 3.96. The molecule has 1 aliphatic carbocycles. The maximum Gasteiger partial charge on any atom is 0.357 e. The Hall–Kier alpha value is -2.15. The lowest BCUT2D eigenvalue weighted by molar-refractivity contribution is 0.0681. The van der Waals surface area contributed by atoms with E-state index >= 15 is 0 Å². The molecule has 0 unspecified atom stereocenters. The molecule has 7 heteroatoms. The highest BCUT2D eigenvalue weighted by atomic mass is 19.1. The highest BCUT2D eigenvalue weighted by molar-refractivity contribution is 5.89. The van der Waals surface area contributed by atoms with Crippen molar-refractivity contribution < 1.29 is 14.3 Å². The molecule has 0 atom stereocenters. The molecular weight excluding hydrogens is 323 g/mol. The third-order valence-electron chi connectivity index (χ3n) is 5.50. The maximum atomic E-state index is 14.4. The second kappa shape index (κ2) is 5.98. The van der Waals surface area contributed by atoms with Gasteiger partial charge in [0.25, 0.3) is 0 Å². The van der Waals surface area contributed by atoms with Crippen LogP contribution >= 0.6 is 0 Å². The number of carbonyl (C=O) groups is 1. The Morgan fingerprint density at radius 1 is 1.24 bits per heavy atom. The molecule has 1 aliphatic heterocycles. The lowest BCUT2D eigenvalue weighted by Gasteiger charge is -2.38. The molecule has 0 aromatic carbocycles. The van der Waals surface area contributed by atoms with Gasteiger partial charge in [0.15, 0.2) is 11.5 Å². The van der Waals surface area contributed by atoms with Gasteiger partial charge >= 0.3 is 5.97 Å². The van der Waals surface area contributed by atoms with Crippen molar-refractivity contribution in [3.63, 3.8) is 0 Å². The Balaban J connectivity index is 1.64. The zero-order chi connectivity index (χ0) is 17.7. The summed E-state index contributed by atoms with van der Waals surface area (Å²) >= 11 is 0. The number of aryl methyl sites for hydroxylation is 1. The summed E-state index contributed by atoms with van der Waals surface area (Å²) in [6.45, 7) is 3.47. The summed E-state index contributed by atoms with van der Waals surface area (Å²) in [6.07, 6.45) is 4.67. The third kappa shape index (κ3) is 2.86. The lowest BCUT2D eigenvalue weighted by Crippen LogP contribution is -2.44. The normalized spacial score (nSPS) is 19.1. The van der Waals surface area contributed by atoms with Crippen molar-refractivity contribution in [3.05, 3.63) is 29.3 Å². The number of nitrogens with zero attached hydrogens (tertiary/aromatic N) is 4. The van der Waals surface area contributed by atoms with Crippen LogP contribution in [0.15, 0.2) is 12.1 Å². The Bertz CT molecular complexity index is 822. The van der Waals surface area contributed by atoms with Gasteiger partial charge in [0.2, 0.25) is 0 Å². The molecule has 0 spiro atoms. The molecule has 1 saturated heterocycles. The van der Waals surface area contributed by atoms with Crippen LogP contribution in [0.2, 0.25) is 0 Å². The third-order valence-corrected chi connectivity index (χ3v) is 5.50. The number of carboxylic acid groups (broad SMARTS) is 1. The molecular formula is C18H23FN4O2. The second-order valence-electron chi connectivity index (χ2n) is 7.23. The van der Waals surface area contributed by atoms with E-state index in [1.807, 2.05) is 6.07 Å². The van der Waals surface area contributed by atoms with Crippen LogP contribution in [0.1, 0.15) is 41.9 Å². The zero-order valence-electron chi connectivity index (χ0n) is 14.6. The first-order valence-electron chi connectivity index (χ1n) is 8.84. The van der Waals surface area contributed by atoms with Crippen molar-refractivity contribution in [1.29, 1.82) is 0 Å². The van der Waals surface area contributed by atoms with Crippen molar-refractivity contribution in [2.24, 2.45) is 0 Å². The van der Waals surface area contributed by atoms with E-state index in [2.05, 4.69) is 21.9 Å². The van der Waals surface area contributed by atoms with Crippen LogP contribution in [0.25, 0.3) is 5.52 Å². The topological polar surface area (TPSA) is 61.1 Å². The molecule has 3 heterocycles. The number of hydrogen-bond acceptors (Lipinski definition) is 4. The van der Waals surface area contributed by atoms with Crippen LogP contribution in [-0.2, 0) is 0 Å². The van der Waals surface area contributed by atoms with Crippen molar-refractivity contribution in [2.75, 3.05) is 25.0 Å². The Morgan fingerprint density at radius 2 is 1.88 bits per heavy atom. The van der Waals surface area contributed by atoms with E-state index in [1.54, 1.807) is 6.92 Å². The number of hydrogen-bond donors (Lipinski definition) is 1. The quantitative estimate of drug-likeness (QED) is 0.922. The monoisotopic (exact) mass is 346 g/mol. The van der Waals surface area contributed by atoms with Gasteiger partial charge in [-0.05, 0) is 45.7 Å². The van der Waals surface area contributed by atoms with Gasteiger partial charge in [0.1, 0.15) is 0 Å². The van der Waals surface area contributed by atoms with Crippen molar-refractivity contribution in [3.8, 4) is 0 Å². The molecule has 2 aromatic heterocycles. The van der Waals surface area contributed by atoms with Crippen LogP contribution in [0.3, 0.4) is 0 Å². The summed E-state index contributed by atoms with van der Waals surface area (Å²) < 4.78 is 15.7. The predicted molar refractivity (Wildman–Crippen MR) is 92.9 cm³/mol. The van der Waals surface area contributed by atoms with Gasteiger partial charge < -0.3 is 14.9 Å². The van der Waals surface area contributed by atoms with Gasteiger partial charge in [-0.15, -0.1) is 0 Å². The minimum Gasteiger partial charge on any atom is -0.476 e. The number of piperidine rings is 1. The molecule has 25 heavy (non-hydrogen) atoms. The van der Waals surface area contributed by atoms with E-state index in [0.29, 0.717) is 17.3 Å². The highest BCUT2D eigenvalue weighted by Crippen LogP contribution is 2.33. The number of fused-ring (bicyclic) bond motifs is 1. The first-order chi connectivity index (χ1) is 12.0. The molecule has 1 saturated carbocycles. The predicted octanol–water partition coefficient (Wildman–Crippen LogP) is 2.54. The van der Waals surface area contributed by atoms with E-state index in [4.69, 9.17) is 0 Å². The first kappa shape index (κ1) is 16.3. The Labute approximate surface area is 145 Å². The molecule has 134 valence electrons. The lowest BCUT2D eigenvalue weighted by atomic mass is 10.0. The van der Waals surface area contributed by atoms with E-state index in [1.165, 1.54) is 23.4 Å². The van der Waals surface area contributed by atoms with Crippen LogP contribution in [0.5, 0.6) is 0 Å². The van der Waals surface area contributed by atoms with Gasteiger partial charge in [-0.25, -0.2) is 13.7 Å². The number of carboxylic acids is 1. The molecule has 0 amide bonds. The van der Waals surface area contributed by atoms with Crippen molar-refractivity contribution in [1.82, 2.24) is 14.5 Å². The fourth-order valence-electron chi connectivity index (χ4n) is 3.96. The summed E-state index contributed by atoms with van der Waals surface area (Å²) in [5, 5.41) is 13.5. The van der Waals surface area contributed by atoms with Crippen molar-refractivity contribution >= 4 is 17.2 Å². The number of halogens is 1. The molecule has 0 radical (unpaired) electrons. The molecule has 2 aromatic rings. The molecule has 1 N–H and O–H groups in total. The summed E-state index contributed by atoms with van der Waals surface area (Å²) in [4.78, 5) is 16.0. The maximum absolute atomic E-state index is 14.4. The summed E-state index contributed by atoms with van der Waals surface area (Å²) in [6, 6.07) is 4.50. The summed E-state index contributed by atoms with van der Waals surface area (Å²) in [7, 11) is 2.21. The van der Waals surface area contributed by atoms with E-state index in [-0.39, 0.29) is 0 Å². The smallest absolute Gasteiger partial charge is 0.357 e.